The molecule has 0 saturated heterocycles. The molecule has 4 heteroatoms. The smallest absolute Gasteiger partial charge is 0.275 e. The summed E-state index contributed by atoms with van der Waals surface area (Å²) in [6, 6.07) is 19.0. The Morgan fingerprint density at radius 2 is 1.62 bits per heavy atom. The second-order valence-corrected chi connectivity index (χ2v) is 5.64. The third kappa shape index (κ3) is 2.99. The summed E-state index contributed by atoms with van der Waals surface area (Å²) in [5.74, 6) is -0.455. The molecule has 2 N–H and O–H groups in total. The molecule has 0 aromatic heterocycles. The second kappa shape index (κ2) is 6.54. The van der Waals surface area contributed by atoms with Crippen LogP contribution < -0.4 is 5.43 Å². The zero-order chi connectivity index (χ0) is 17.1. The molecule has 3 rings (SSSR count). The first-order chi connectivity index (χ1) is 11.6. The van der Waals surface area contributed by atoms with E-state index in [0.717, 1.165) is 16.3 Å². The van der Waals surface area contributed by atoms with Crippen molar-refractivity contribution >= 4 is 22.4 Å². The molecule has 0 unspecified atom stereocenters. The number of para-hydroxylation sites is 1. The minimum Gasteiger partial charge on any atom is -0.507 e. The van der Waals surface area contributed by atoms with Gasteiger partial charge in [-0.3, -0.25) is 4.79 Å². The van der Waals surface area contributed by atoms with E-state index in [4.69, 9.17) is 0 Å². The molecule has 120 valence electrons. The highest BCUT2D eigenvalue weighted by molar-refractivity contribution is 6.10. The fraction of sp³-hybridized carbons (Fsp3) is 0.100. The van der Waals surface area contributed by atoms with Gasteiger partial charge < -0.3 is 5.11 Å². The number of phenols is 1. The fourth-order valence-corrected chi connectivity index (χ4v) is 2.64. The lowest BCUT2D eigenvalue weighted by Crippen LogP contribution is -2.19. The summed E-state index contributed by atoms with van der Waals surface area (Å²) >= 11 is 0. The maximum absolute atomic E-state index is 12.2. The van der Waals surface area contributed by atoms with Crippen LogP contribution in [0, 0.1) is 6.92 Å². The Morgan fingerprint density at radius 3 is 2.46 bits per heavy atom. The van der Waals surface area contributed by atoms with E-state index in [1.165, 1.54) is 0 Å². The largest absolute Gasteiger partial charge is 0.507 e. The Hall–Kier alpha value is -3.14. The number of benzene rings is 3. The summed E-state index contributed by atoms with van der Waals surface area (Å²) < 4.78 is 0. The van der Waals surface area contributed by atoms with Gasteiger partial charge in [-0.15, -0.1) is 0 Å². The van der Waals surface area contributed by atoms with Crippen molar-refractivity contribution in [3.05, 3.63) is 77.4 Å². The highest BCUT2D eigenvalue weighted by atomic mass is 16.3. The Morgan fingerprint density at radius 1 is 0.958 bits per heavy atom. The maximum Gasteiger partial charge on any atom is 0.275 e. The number of nitrogens with one attached hydrogen (secondary N) is 1. The van der Waals surface area contributed by atoms with E-state index >= 15 is 0 Å². The van der Waals surface area contributed by atoms with Gasteiger partial charge in [0.2, 0.25) is 0 Å². The van der Waals surface area contributed by atoms with Crippen LogP contribution in [-0.2, 0) is 0 Å². The van der Waals surface area contributed by atoms with Gasteiger partial charge in [-0.05, 0) is 36.2 Å². The van der Waals surface area contributed by atoms with Crippen LogP contribution in [0.15, 0.2) is 65.8 Å². The number of aryl methyl sites for hydroxylation is 1. The molecule has 0 bridgehead atoms. The highest BCUT2D eigenvalue weighted by Crippen LogP contribution is 2.21. The lowest BCUT2D eigenvalue weighted by atomic mass is 10.0. The average molecular weight is 318 g/mol. The van der Waals surface area contributed by atoms with Crippen molar-refractivity contribution in [1.29, 1.82) is 0 Å². The molecule has 0 atom stereocenters. The maximum atomic E-state index is 12.2. The standard InChI is InChI=1S/C20H18N2O2/c1-13-7-5-12-18(19(13)23)20(24)22-21-14(2)16-11-6-9-15-8-3-4-10-17(15)16/h3-12,23H,1-2H3,(H,22,24)/b21-14+. The monoisotopic (exact) mass is 318 g/mol. The molecular weight excluding hydrogens is 300 g/mol. The zero-order valence-electron chi connectivity index (χ0n) is 13.6. The van der Waals surface area contributed by atoms with Crippen LogP contribution in [0.4, 0.5) is 0 Å². The molecule has 0 fully saturated rings. The summed E-state index contributed by atoms with van der Waals surface area (Å²) in [4.78, 5) is 12.2. The molecule has 0 spiro atoms. The number of aromatic hydroxyl groups is 1. The third-order valence-electron chi connectivity index (χ3n) is 3.99. The Kier molecular flexibility index (Phi) is 4.29. The number of carbonyl (C=O) groups is 1. The van der Waals surface area contributed by atoms with Crippen molar-refractivity contribution in [2.75, 3.05) is 0 Å². The van der Waals surface area contributed by atoms with Gasteiger partial charge in [0.1, 0.15) is 5.75 Å². The van der Waals surface area contributed by atoms with E-state index in [2.05, 4.69) is 10.5 Å². The molecule has 3 aromatic carbocycles. The van der Waals surface area contributed by atoms with E-state index < -0.39 is 5.91 Å². The molecule has 0 aliphatic carbocycles. The number of nitrogens with zero attached hydrogens (tertiary/aromatic N) is 1. The van der Waals surface area contributed by atoms with Crippen molar-refractivity contribution in [2.24, 2.45) is 5.10 Å². The zero-order valence-corrected chi connectivity index (χ0v) is 13.6. The van der Waals surface area contributed by atoms with Crippen molar-refractivity contribution < 1.29 is 9.90 Å². The number of hydrazone groups is 1. The lowest BCUT2D eigenvalue weighted by molar-refractivity contribution is 0.0952. The molecule has 24 heavy (non-hydrogen) atoms. The first-order valence-electron chi connectivity index (χ1n) is 7.69. The lowest BCUT2D eigenvalue weighted by Gasteiger charge is -2.08. The van der Waals surface area contributed by atoms with Crippen molar-refractivity contribution in [1.82, 2.24) is 5.43 Å². The van der Waals surface area contributed by atoms with Crippen LogP contribution in [0.25, 0.3) is 10.8 Å². The van der Waals surface area contributed by atoms with E-state index in [1.54, 1.807) is 25.1 Å². The summed E-state index contributed by atoms with van der Waals surface area (Å²) in [6.07, 6.45) is 0. The first-order valence-corrected chi connectivity index (χ1v) is 7.69. The predicted molar refractivity (Wildman–Crippen MR) is 96.5 cm³/mol. The Bertz CT molecular complexity index is 940. The molecule has 0 radical (unpaired) electrons. The van der Waals surface area contributed by atoms with Gasteiger partial charge in [-0.1, -0.05) is 54.6 Å². The number of fused-ring (bicyclic) bond motifs is 1. The highest BCUT2D eigenvalue weighted by Gasteiger charge is 2.12. The van der Waals surface area contributed by atoms with Gasteiger partial charge in [0.25, 0.3) is 5.91 Å². The Balaban J connectivity index is 1.88. The average Bonchev–Trinajstić information content (AvgIpc) is 2.61. The van der Waals surface area contributed by atoms with Gasteiger partial charge >= 0.3 is 0 Å². The van der Waals surface area contributed by atoms with Crippen LogP contribution in [0.1, 0.15) is 28.4 Å². The van der Waals surface area contributed by atoms with Gasteiger partial charge in [0, 0.05) is 5.56 Å². The molecule has 0 aliphatic rings. The van der Waals surface area contributed by atoms with E-state index in [-0.39, 0.29) is 11.3 Å². The molecule has 1 amide bonds. The summed E-state index contributed by atoms with van der Waals surface area (Å²) in [7, 11) is 0. The third-order valence-corrected chi connectivity index (χ3v) is 3.99. The summed E-state index contributed by atoms with van der Waals surface area (Å²) in [5, 5.41) is 16.4. The van der Waals surface area contributed by atoms with Crippen LogP contribution in [0.2, 0.25) is 0 Å². The number of rotatable bonds is 3. The quantitative estimate of drug-likeness (QED) is 0.566. The Labute approximate surface area is 140 Å². The first kappa shape index (κ1) is 15.7. The second-order valence-electron chi connectivity index (χ2n) is 5.64. The number of amides is 1. The van der Waals surface area contributed by atoms with Crippen LogP contribution in [0.5, 0.6) is 5.75 Å². The van der Waals surface area contributed by atoms with Crippen LogP contribution in [-0.4, -0.2) is 16.7 Å². The van der Waals surface area contributed by atoms with Crippen molar-refractivity contribution in [2.45, 2.75) is 13.8 Å². The molecule has 0 heterocycles. The van der Waals surface area contributed by atoms with Crippen LogP contribution in [0.3, 0.4) is 0 Å². The number of hydrogen-bond donors (Lipinski definition) is 2. The minimum absolute atomic E-state index is 0.0204. The van der Waals surface area contributed by atoms with Gasteiger partial charge in [-0.2, -0.15) is 5.10 Å². The van der Waals surface area contributed by atoms with Crippen LogP contribution >= 0.6 is 0 Å². The number of carbonyl (C=O) groups excluding carboxylic acids is 1. The molecule has 0 saturated carbocycles. The van der Waals surface area contributed by atoms with Crippen molar-refractivity contribution in [3.8, 4) is 5.75 Å². The number of phenolic OH excluding ortho intramolecular Hbond substituents is 1. The van der Waals surface area contributed by atoms with Gasteiger partial charge in [0.05, 0.1) is 11.3 Å². The van der Waals surface area contributed by atoms with E-state index in [1.807, 2.05) is 49.4 Å². The molecule has 0 aliphatic heterocycles. The normalized spacial score (nSPS) is 11.5. The predicted octanol–water partition coefficient (Wildman–Crippen LogP) is 4.01. The molecule has 4 nitrogen and oxygen atoms in total. The number of hydrogen-bond acceptors (Lipinski definition) is 3. The minimum atomic E-state index is -0.434. The van der Waals surface area contributed by atoms with E-state index in [9.17, 15) is 9.90 Å². The summed E-state index contributed by atoms with van der Waals surface area (Å²) in [5.41, 5.74) is 5.04. The summed E-state index contributed by atoms with van der Waals surface area (Å²) in [6.45, 7) is 3.59. The molecular formula is C20H18N2O2. The van der Waals surface area contributed by atoms with Crippen molar-refractivity contribution in [3.63, 3.8) is 0 Å². The molecule has 3 aromatic rings. The fourth-order valence-electron chi connectivity index (χ4n) is 2.64. The topological polar surface area (TPSA) is 61.7 Å². The van der Waals surface area contributed by atoms with Gasteiger partial charge in [-0.25, -0.2) is 5.43 Å². The van der Waals surface area contributed by atoms with Gasteiger partial charge in [0.15, 0.2) is 0 Å². The SMILES string of the molecule is C/C(=N\NC(=O)c1cccc(C)c1O)c1cccc2ccccc12. The van der Waals surface area contributed by atoms with E-state index in [0.29, 0.717) is 11.3 Å².